The Hall–Kier alpha value is -1.98. The van der Waals surface area contributed by atoms with Crippen LogP contribution in [0.1, 0.15) is 36.7 Å². The number of benzene rings is 2. The minimum absolute atomic E-state index is 0.0464. The number of hydrogen-bond acceptors (Lipinski definition) is 2. The van der Waals surface area contributed by atoms with E-state index in [0.29, 0.717) is 16.1 Å². The second kappa shape index (κ2) is 6.42. The summed E-state index contributed by atoms with van der Waals surface area (Å²) >= 11 is -2.01. The van der Waals surface area contributed by atoms with Gasteiger partial charge in [0.25, 0.3) is 5.91 Å². The fourth-order valence-electron chi connectivity index (χ4n) is 1.98. The molecule has 0 saturated carbocycles. The van der Waals surface area contributed by atoms with Crippen LogP contribution < -0.4 is 5.32 Å². The van der Waals surface area contributed by atoms with Crippen LogP contribution in [0.3, 0.4) is 0 Å². The largest absolute Gasteiger partial charge is 0.322 e. The summed E-state index contributed by atoms with van der Waals surface area (Å²) in [5, 5.41) is 2.76. The third-order valence-electron chi connectivity index (χ3n) is 3.33. The van der Waals surface area contributed by atoms with Gasteiger partial charge in [0.1, 0.15) is 0 Å². The summed E-state index contributed by atoms with van der Waals surface area (Å²) < 4.78 is 19.8. The van der Waals surface area contributed by atoms with Gasteiger partial charge in [-0.2, -0.15) is 0 Å². The van der Waals surface area contributed by atoms with Gasteiger partial charge in [0, 0.05) is 11.3 Å². The minimum Gasteiger partial charge on any atom is -0.322 e. The van der Waals surface area contributed by atoms with Crippen LogP contribution in [-0.4, -0.2) is 14.7 Å². The van der Waals surface area contributed by atoms with Gasteiger partial charge in [-0.25, -0.2) is 4.21 Å². The predicted octanol–water partition coefficient (Wildman–Crippen LogP) is 3.82. The molecule has 1 amide bonds. The molecule has 0 aliphatic carbocycles. The lowest BCUT2D eigenvalue weighted by Crippen LogP contribution is -2.14. The second-order valence-electron chi connectivity index (χ2n) is 6.06. The van der Waals surface area contributed by atoms with Gasteiger partial charge in [-0.05, 0) is 47.4 Å². The lowest BCUT2D eigenvalue weighted by Gasteiger charge is -2.19. The molecule has 116 valence electrons. The molecule has 0 aromatic heterocycles. The Kier molecular flexibility index (Phi) is 4.78. The highest BCUT2D eigenvalue weighted by Gasteiger charge is 2.14. The number of hydrogen-bond donors (Lipinski definition) is 2. The van der Waals surface area contributed by atoms with E-state index in [1.54, 1.807) is 24.3 Å². The van der Waals surface area contributed by atoms with Gasteiger partial charge in [0.15, 0.2) is 11.1 Å². The zero-order valence-corrected chi connectivity index (χ0v) is 13.6. The van der Waals surface area contributed by atoms with Crippen LogP contribution in [0.25, 0.3) is 0 Å². The summed E-state index contributed by atoms with van der Waals surface area (Å²) in [5.41, 5.74) is 2.37. The Morgan fingerprint density at radius 1 is 1.00 bits per heavy atom. The van der Waals surface area contributed by atoms with Crippen molar-refractivity contribution in [2.75, 3.05) is 5.32 Å². The first-order valence-corrected chi connectivity index (χ1v) is 8.01. The Balaban J connectivity index is 2.10. The molecule has 1 unspecified atom stereocenters. The smallest absolute Gasteiger partial charge is 0.255 e. The topological polar surface area (TPSA) is 66.4 Å². The number of anilines is 1. The Morgan fingerprint density at radius 2 is 1.55 bits per heavy atom. The van der Waals surface area contributed by atoms with E-state index in [2.05, 4.69) is 26.1 Å². The lowest BCUT2D eigenvalue weighted by molar-refractivity contribution is 0.102. The normalized spacial score (nSPS) is 12.7. The molecule has 0 aliphatic rings. The molecule has 2 aromatic rings. The molecule has 2 rings (SSSR count). The molecule has 2 N–H and O–H groups in total. The van der Waals surface area contributed by atoms with Gasteiger partial charge < -0.3 is 9.87 Å². The first-order valence-electron chi connectivity index (χ1n) is 6.90. The van der Waals surface area contributed by atoms with Crippen molar-refractivity contribution in [2.24, 2.45) is 0 Å². The summed E-state index contributed by atoms with van der Waals surface area (Å²) in [4.78, 5) is 12.5. The van der Waals surface area contributed by atoms with E-state index < -0.39 is 11.1 Å². The third-order valence-corrected chi connectivity index (χ3v) is 4.00. The highest BCUT2D eigenvalue weighted by atomic mass is 32.2. The van der Waals surface area contributed by atoms with E-state index in [9.17, 15) is 9.00 Å². The van der Waals surface area contributed by atoms with Crippen LogP contribution in [0.2, 0.25) is 0 Å². The van der Waals surface area contributed by atoms with E-state index in [0.717, 1.165) is 0 Å². The number of carbonyl (C=O) groups is 1. The highest BCUT2D eigenvalue weighted by Crippen LogP contribution is 2.22. The third kappa shape index (κ3) is 4.02. The fraction of sp³-hybridized carbons (Fsp3) is 0.235. The summed E-state index contributed by atoms with van der Waals surface area (Å²) in [7, 11) is 0. The van der Waals surface area contributed by atoms with Crippen molar-refractivity contribution in [1.82, 2.24) is 0 Å². The van der Waals surface area contributed by atoms with Crippen molar-refractivity contribution in [3.63, 3.8) is 0 Å². The SMILES string of the molecule is CC(C)(C)c1ccc(C(=O)Nc2ccc(S(=O)O)cc2)cc1. The average molecular weight is 317 g/mol. The Bertz CT molecular complexity index is 685. The number of carbonyl (C=O) groups excluding carboxylic acids is 1. The van der Waals surface area contributed by atoms with Crippen molar-refractivity contribution >= 4 is 22.7 Å². The zero-order valence-electron chi connectivity index (χ0n) is 12.8. The van der Waals surface area contributed by atoms with Gasteiger partial charge >= 0.3 is 0 Å². The van der Waals surface area contributed by atoms with Crippen molar-refractivity contribution < 1.29 is 13.6 Å². The monoisotopic (exact) mass is 317 g/mol. The van der Waals surface area contributed by atoms with Crippen molar-refractivity contribution in [3.8, 4) is 0 Å². The molecule has 0 fully saturated rings. The van der Waals surface area contributed by atoms with Crippen LogP contribution in [0.4, 0.5) is 5.69 Å². The molecule has 0 radical (unpaired) electrons. The molecule has 0 spiro atoms. The van der Waals surface area contributed by atoms with E-state index in [1.165, 1.54) is 17.7 Å². The Labute approximate surface area is 132 Å². The molecule has 0 aliphatic heterocycles. The minimum atomic E-state index is -2.01. The zero-order chi connectivity index (χ0) is 16.3. The first kappa shape index (κ1) is 16.4. The van der Waals surface area contributed by atoms with E-state index >= 15 is 0 Å². The quantitative estimate of drug-likeness (QED) is 0.846. The van der Waals surface area contributed by atoms with E-state index in [4.69, 9.17) is 4.55 Å². The van der Waals surface area contributed by atoms with Gasteiger partial charge in [0.2, 0.25) is 0 Å². The molecule has 0 bridgehead atoms. The molecule has 2 aromatic carbocycles. The van der Waals surface area contributed by atoms with Gasteiger partial charge in [-0.3, -0.25) is 4.79 Å². The summed E-state index contributed by atoms with van der Waals surface area (Å²) in [6.07, 6.45) is 0. The first-order chi connectivity index (χ1) is 10.3. The van der Waals surface area contributed by atoms with E-state index in [1.807, 2.05) is 12.1 Å². The van der Waals surface area contributed by atoms with Crippen molar-refractivity contribution in [2.45, 2.75) is 31.1 Å². The van der Waals surface area contributed by atoms with Crippen LogP contribution in [0, 0.1) is 0 Å². The summed E-state index contributed by atoms with van der Waals surface area (Å²) in [6, 6.07) is 13.7. The maximum atomic E-state index is 12.2. The maximum Gasteiger partial charge on any atom is 0.255 e. The van der Waals surface area contributed by atoms with Gasteiger partial charge in [-0.1, -0.05) is 32.9 Å². The molecule has 22 heavy (non-hydrogen) atoms. The second-order valence-corrected chi connectivity index (χ2v) is 7.02. The number of amides is 1. The predicted molar refractivity (Wildman–Crippen MR) is 88.6 cm³/mol. The van der Waals surface area contributed by atoms with E-state index in [-0.39, 0.29) is 11.3 Å². The van der Waals surface area contributed by atoms with Gasteiger partial charge in [0.05, 0.1) is 4.90 Å². The fourth-order valence-corrected chi connectivity index (χ4v) is 2.35. The number of nitrogens with one attached hydrogen (secondary N) is 1. The lowest BCUT2D eigenvalue weighted by atomic mass is 9.87. The van der Waals surface area contributed by atoms with Crippen LogP contribution >= 0.6 is 0 Å². The molecular weight excluding hydrogens is 298 g/mol. The molecule has 1 atom stereocenters. The standard InChI is InChI=1S/C17H19NO3S/c1-17(2,3)13-6-4-12(5-7-13)16(19)18-14-8-10-15(11-9-14)22(20)21/h4-11H,1-3H3,(H,18,19)(H,20,21). The van der Waals surface area contributed by atoms with Crippen LogP contribution in [0.15, 0.2) is 53.4 Å². The summed E-state index contributed by atoms with van der Waals surface area (Å²) in [6.45, 7) is 6.36. The van der Waals surface area contributed by atoms with Gasteiger partial charge in [-0.15, -0.1) is 0 Å². The maximum absolute atomic E-state index is 12.2. The summed E-state index contributed by atoms with van der Waals surface area (Å²) in [5.74, 6) is -0.210. The molecule has 0 heterocycles. The highest BCUT2D eigenvalue weighted by molar-refractivity contribution is 7.79. The molecule has 4 nitrogen and oxygen atoms in total. The van der Waals surface area contributed by atoms with Crippen molar-refractivity contribution in [1.29, 1.82) is 0 Å². The molecule has 0 saturated heterocycles. The molecule has 5 heteroatoms. The van der Waals surface area contributed by atoms with Crippen LogP contribution in [0.5, 0.6) is 0 Å². The number of rotatable bonds is 3. The van der Waals surface area contributed by atoms with Crippen LogP contribution in [-0.2, 0) is 16.5 Å². The Morgan fingerprint density at radius 3 is 2.00 bits per heavy atom. The average Bonchev–Trinajstić information content (AvgIpc) is 2.47. The molecular formula is C17H19NO3S. The van der Waals surface area contributed by atoms with Crippen molar-refractivity contribution in [3.05, 3.63) is 59.7 Å².